The second-order valence-electron chi connectivity index (χ2n) is 4.04. The molecule has 2 unspecified atom stereocenters. The molecule has 2 rings (SSSR count). The third-order valence-electron chi connectivity index (χ3n) is 2.85. The fraction of sp³-hybridized carbons (Fsp3) is 0.500. The minimum atomic E-state index is -0.413. The van der Waals surface area contributed by atoms with Crippen LogP contribution in [0.25, 0.3) is 0 Å². The largest absolute Gasteiger partial charge is 0.465 e. The predicted molar refractivity (Wildman–Crippen MR) is 68.1 cm³/mol. The van der Waals surface area contributed by atoms with Crippen molar-refractivity contribution in [1.82, 2.24) is 4.98 Å². The number of esters is 1. The lowest BCUT2D eigenvalue weighted by Gasteiger charge is -2.29. The third-order valence-corrected chi connectivity index (χ3v) is 3.28. The molecule has 6 heteroatoms. The van der Waals surface area contributed by atoms with E-state index < -0.39 is 5.97 Å². The summed E-state index contributed by atoms with van der Waals surface area (Å²) in [6.07, 6.45) is 3.91. The van der Waals surface area contributed by atoms with Gasteiger partial charge in [-0.1, -0.05) is 0 Å². The van der Waals surface area contributed by atoms with Gasteiger partial charge in [0.1, 0.15) is 5.56 Å². The molecule has 1 aromatic rings. The first-order chi connectivity index (χ1) is 8.72. The van der Waals surface area contributed by atoms with Crippen molar-refractivity contribution < 1.29 is 14.3 Å². The lowest BCUT2D eigenvalue weighted by Crippen LogP contribution is -2.38. The highest BCUT2D eigenvalue weighted by Gasteiger charge is 2.25. The van der Waals surface area contributed by atoms with Gasteiger partial charge >= 0.3 is 5.97 Å². The number of alkyl halides is 1. The summed E-state index contributed by atoms with van der Waals surface area (Å²) in [7, 11) is 1.35. The van der Waals surface area contributed by atoms with Gasteiger partial charge in [-0.05, 0) is 12.5 Å². The molecule has 0 aliphatic carbocycles. The van der Waals surface area contributed by atoms with E-state index in [-0.39, 0.29) is 11.4 Å². The van der Waals surface area contributed by atoms with Crippen molar-refractivity contribution >= 4 is 23.3 Å². The zero-order valence-electron chi connectivity index (χ0n) is 10.1. The number of methoxy groups -OCH3 is 1. The van der Waals surface area contributed by atoms with Crippen LogP contribution in [0.5, 0.6) is 0 Å². The van der Waals surface area contributed by atoms with E-state index in [9.17, 15) is 4.79 Å². The maximum atomic E-state index is 11.6. The lowest BCUT2D eigenvalue weighted by molar-refractivity contribution is 0.0601. The van der Waals surface area contributed by atoms with Gasteiger partial charge in [0.05, 0.1) is 24.8 Å². The number of nitrogens with zero attached hydrogens (tertiary/aromatic N) is 1. The molecule has 0 bridgehead atoms. The Morgan fingerprint density at radius 2 is 2.50 bits per heavy atom. The summed E-state index contributed by atoms with van der Waals surface area (Å²) < 4.78 is 9.99. The molecule has 1 fully saturated rings. The summed E-state index contributed by atoms with van der Waals surface area (Å²) in [6.45, 7) is 1.18. The fourth-order valence-corrected chi connectivity index (χ4v) is 2.14. The van der Waals surface area contributed by atoms with Crippen LogP contribution in [0.15, 0.2) is 18.5 Å². The molecule has 0 spiro atoms. The summed E-state index contributed by atoms with van der Waals surface area (Å²) in [4.78, 5) is 15.5. The lowest BCUT2D eigenvalue weighted by atomic mass is 10.1. The number of ether oxygens (including phenoxy) is 2. The smallest absolute Gasteiger partial charge is 0.341 e. The molecular weight excluding hydrogens is 256 g/mol. The Morgan fingerprint density at radius 3 is 3.22 bits per heavy atom. The van der Waals surface area contributed by atoms with Crippen LogP contribution >= 0.6 is 11.6 Å². The van der Waals surface area contributed by atoms with Crippen molar-refractivity contribution in [2.75, 3.05) is 25.6 Å². The van der Waals surface area contributed by atoms with Crippen molar-refractivity contribution in [2.45, 2.75) is 17.8 Å². The summed E-state index contributed by atoms with van der Waals surface area (Å²) in [5.41, 5.74) is 1.10. The van der Waals surface area contributed by atoms with Crippen molar-refractivity contribution in [1.29, 1.82) is 0 Å². The van der Waals surface area contributed by atoms with E-state index in [0.29, 0.717) is 24.5 Å². The van der Waals surface area contributed by atoms with Crippen LogP contribution in [-0.2, 0) is 9.47 Å². The van der Waals surface area contributed by atoms with E-state index in [2.05, 4.69) is 10.3 Å². The van der Waals surface area contributed by atoms with Gasteiger partial charge in [-0.2, -0.15) is 0 Å². The molecule has 0 radical (unpaired) electrons. The van der Waals surface area contributed by atoms with Crippen LogP contribution < -0.4 is 5.32 Å². The number of nitrogens with one attached hydrogen (secondary N) is 1. The number of carbonyl (C=O) groups excluding carboxylic acids is 1. The van der Waals surface area contributed by atoms with Gasteiger partial charge in [0, 0.05) is 25.0 Å². The molecule has 1 saturated heterocycles. The highest BCUT2D eigenvalue weighted by molar-refractivity contribution is 6.21. The number of halogens is 1. The van der Waals surface area contributed by atoms with Gasteiger partial charge in [-0.3, -0.25) is 4.98 Å². The number of anilines is 1. The number of hydrogen-bond donors (Lipinski definition) is 1. The number of rotatable bonds is 3. The zero-order chi connectivity index (χ0) is 13.0. The zero-order valence-corrected chi connectivity index (χ0v) is 10.8. The van der Waals surface area contributed by atoms with E-state index >= 15 is 0 Å². The first kappa shape index (κ1) is 13.1. The number of hydrogen-bond acceptors (Lipinski definition) is 5. The van der Waals surface area contributed by atoms with Crippen molar-refractivity contribution in [3.8, 4) is 0 Å². The quantitative estimate of drug-likeness (QED) is 0.669. The second-order valence-corrected chi connectivity index (χ2v) is 4.60. The Labute approximate surface area is 110 Å². The molecule has 98 valence electrons. The van der Waals surface area contributed by atoms with Gasteiger partial charge in [-0.15, -0.1) is 11.6 Å². The van der Waals surface area contributed by atoms with Gasteiger partial charge < -0.3 is 14.8 Å². The van der Waals surface area contributed by atoms with Crippen molar-refractivity contribution in [2.24, 2.45) is 0 Å². The first-order valence-electron chi connectivity index (χ1n) is 5.73. The first-order valence-corrected chi connectivity index (χ1v) is 6.16. The Morgan fingerprint density at radius 1 is 1.67 bits per heavy atom. The summed E-state index contributed by atoms with van der Waals surface area (Å²) in [6, 6.07) is 1.82. The van der Waals surface area contributed by atoms with E-state index in [4.69, 9.17) is 21.1 Å². The van der Waals surface area contributed by atoms with Gasteiger partial charge in [0.15, 0.2) is 0 Å². The molecular formula is C12H15ClN2O3. The van der Waals surface area contributed by atoms with E-state index in [1.165, 1.54) is 13.3 Å². The maximum Gasteiger partial charge on any atom is 0.341 e. The Kier molecular flexibility index (Phi) is 4.38. The minimum absolute atomic E-state index is 0.0752. The number of carbonyl (C=O) groups is 1. The van der Waals surface area contributed by atoms with Crippen molar-refractivity contribution in [3.05, 3.63) is 24.0 Å². The summed E-state index contributed by atoms with van der Waals surface area (Å²) >= 11 is 6.18. The monoisotopic (exact) mass is 270 g/mol. The Balaban J connectivity index is 2.15. The molecule has 1 aliphatic heterocycles. The molecule has 1 aliphatic rings. The molecule has 0 aromatic carbocycles. The molecule has 2 heterocycles. The average molecular weight is 271 g/mol. The minimum Gasteiger partial charge on any atom is -0.465 e. The maximum absolute atomic E-state index is 11.6. The van der Waals surface area contributed by atoms with Gasteiger partial charge in [0.25, 0.3) is 0 Å². The highest BCUT2D eigenvalue weighted by Crippen LogP contribution is 2.21. The second kappa shape index (κ2) is 6.02. The predicted octanol–water partition coefficient (Wildman–Crippen LogP) is 1.68. The van der Waals surface area contributed by atoms with Crippen LogP contribution in [0.4, 0.5) is 5.69 Å². The Bertz CT molecular complexity index is 428. The van der Waals surface area contributed by atoms with Crippen LogP contribution in [-0.4, -0.2) is 42.7 Å². The molecule has 18 heavy (non-hydrogen) atoms. The van der Waals surface area contributed by atoms with Crippen LogP contribution in [0, 0.1) is 0 Å². The van der Waals surface area contributed by atoms with E-state index in [0.717, 1.165) is 6.42 Å². The topological polar surface area (TPSA) is 60.5 Å². The standard InChI is InChI=1S/C12H15ClN2O3/c1-17-12(16)8-6-14-4-2-10(8)15-11-3-5-18-7-9(11)13/h2,4,6,9,11H,3,5,7H2,1H3,(H,14,15). The van der Waals surface area contributed by atoms with Crippen molar-refractivity contribution in [3.63, 3.8) is 0 Å². The molecule has 5 nitrogen and oxygen atoms in total. The normalized spacial score (nSPS) is 23.4. The van der Waals surface area contributed by atoms with Crippen LogP contribution in [0.1, 0.15) is 16.8 Å². The third kappa shape index (κ3) is 2.91. The fourth-order valence-electron chi connectivity index (χ4n) is 1.86. The molecule has 0 saturated carbocycles. The van der Waals surface area contributed by atoms with Crippen LogP contribution in [0.2, 0.25) is 0 Å². The SMILES string of the molecule is COC(=O)c1cnccc1NC1CCOCC1Cl. The van der Waals surface area contributed by atoms with E-state index in [1.54, 1.807) is 12.3 Å². The van der Waals surface area contributed by atoms with E-state index in [1.807, 2.05) is 0 Å². The average Bonchev–Trinajstić information content (AvgIpc) is 2.41. The number of pyridine rings is 1. The molecule has 2 atom stereocenters. The summed E-state index contributed by atoms with van der Waals surface area (Å²) in [5, 5.41) is 3.15. The highest BCUT2D eigenvalue weighted by atomic mass is 35.5. The summed E-state index contributed by atoms with van der Waals surface area (Å²) in [5.74, 6) is -0.413. The molecule has 1 N–H and O–H groups in total. The number of aromatic nitrogens is 1. The Hall–Kier alpha value is -1.33. The van der Waals surface area contributed by atoms with Gasteiger partial charge in [-0.25, -0.2) is 4.79 Å². The molecule has 1 aromatic heterocycles. The van der Waals surface area contributed by atoms with Gasteiger partial charge in [0.2, 0.25) is 0 Å². The molecule has 0 amide bonds. The van der Waals surface area contributed by atoms with Crippen LogP contribution in [0.3, 0.4) is 0 Å².